The van der Waals surface area contributed by atoms with E-state index in [1.54, 1.807) is 16.2 Å². The number of thiophene rings is 1. The second-order valence-electron chi connectivity index (χ2n) is 7.73. The van der Waals surface area contributed by atoms with Crippen molar-refractivity contribution in [3.63, 3.8) is 0 Å². The van der Waals surface area contributed by atoms with Gasteiger partial charge in [0.15, 0.2) is 0 Å². The van der Waals surface area contributed by atoms with Gasteiger partial charge in [-0.1, -0.05) is 30.3 Å². The molecule has 1 fully saturated rings. The number of hydrogen-bond donors (Lipinski definition) is 2. The van der Waals surface area contributed by atoms with Crippen LogP contribution in [0.4, 0.5) is 0 Å². The molecule has 3 heterocycles. The lowest BCUT2D eigenvalue weighted by Gasteiger charge is -2.23. The number of carbonyl (C=O) groups is 1. The van der Waals surface area contributed by atoms with Crippen LogP contribution < -0.4 is 10.2 Å². The lowest BCUT2D eigenvalue weighted by Crippen LogP contribution is -3.12. The Morgan fingerprint density at radius 2 is 2.00 bits per heavy atom. The molecule has 148 valence electrons. The van der Waals surface area contributed by atoms with Crippen LogP contribution in [0.25, 0.3) is 10.2 Å². The number of amides is 1. The van der Waals surface area contributed by atoms with E-state index in [1.165, 1.54) is 37.9 Å². The summed E-state index contributed by atoms with van der Waals surface area (Å²) in [5.41, 5.74) is 2.20. The number of nitrogens with zero attached hydrogens (tertiary/aromatic N) is 2. The van der Waals surface area contributed by atoms with Crippen LogP contribution in [0.5, 0.6) is 0 Å². The molecule has 28 heavy (non-hydrogen) atoms. The minimum Gasteiger partial charge on any atom is -0.351 e. The molecule has 3 aromatic rings. The highest BCUT2D eigenvalue weighted by atomic mass is 32.1. The van der Waals surface area contributed by atoms with E-state index in [0.29, 0.717) is 0 Å². The van der Waals surface area contributed by atoms with Gasteiger partial charge in [-0.3, -0.25) is 9.48 Å². The normalized spacial score (nSPS) is 15.2. The summed E-state index contributed by atoms with van der Waals surface area (Å²) in [6.07, 6.45) is 5.13. The molecule has 0 spiro atoms. The molecule has 0 saturated carbocycles. The van der Waals surface area contributed by atoms with Crippen LogP contribution in [0.3, 0.4) is 0 Å². The summed E-state index contributed by atoms with van der Waals surface area (Å²) in [6.45, 7) is 7.25. The molecule has 1 saturated heterocycles. The van der Waals surface area contributed by atoms with Crippen LogP contribution in [0.2, 0.25) is 0 Å². The first-order valence-electron chi connectivity index (χ1n) is 10.3. The highest BCUT2D eigenvalue weighted by Gasteiger charge is 2.17. The molecular weight excluding hydrogens is 368 g/mol. The number of hydrogen-bond acceptors (Lipinski definition) is 3. The highest BCUT2D eigenvalue weighted by Crippen LogP contribution is 2.28. The second-order valence-corrected chi connectivity index (χ2v) is 8.76. The molecule has 4 rings (SSSR count). The number of fused-ring (bicyclic) bond motifs is 1. The van der Waals surface area contributed by atoms with Crippen molar-refractivity contribution in [2.24, 2.45) is 0 Å². The molecule has 2 aromatic heterocycles. The van der Waals surface area contributed by atoms with E-state index in [1.807, 2.05) is 35.9 Å². The first-order chi connectivity index (χ1) is 13.7. The summed E-state index contributed by atoms with van der Waals surface area (Å²) in [7, 11) is 0. The van der Waals surface area contributed by atoms with Gasteiger partial charge in [0, 0.05) is 18.4 Å². The zero-order valence-electron chi connectivity index (χ0n) is 16.5. The molecule has 1 amide bonds. The Bertz CT molecular complexity index is 925. The predicted molar refractivity (Wildman–Crippen MR) is 114 cm³/mol. The Balaban J connectivity index is 1.37. The van der Waals surface area contributed by atoms with E-state index in [2.05, 4.69) is 22.5 Å². The largest absolute Gasteiger partial charge is 0.351 e. The quantitative estimate of drug-likeness (QED) is 0.602. The minimum atomic E-state index is 0.0421. The van der Waals surface area contributed by atoms with Gasteiger partial charge in [0.1, 0.15) is 4.83 Å². The lowest BCUT2D eigenvalue weighted by atomic mass is 10.1. The van der Waals surface area contributed by atoms with Crippen molar-refractivity contribution >= 4 is 27.5 Å². The molecular formula is C22H29N4OS+. The van der Waals surface area contributed by atoms with Crippen molar-refractivity contribution < 1.29 is 9.69 Å². The van der Waals surface area contributed by atoms with Gasteiger partial charge < -0.3 is 10.2 Å². The summed E-state index contributed by atoms with van der Waals surface area (Å²) in [5, 5.41) is 8.86. The van der Waals surface area contributed by atoms with E-state index in [-0.39, 0.29) is 5.91 Å². The number of piperidine rings is 1. The van der Waals surface area contributed by atoms with Crippen LogP contribution >= 0.6 is 11.3 Å². The molecule has 2 N–H and O–H groups in total. The molecule has 1 aliphatic rings. The highest BCUT2D eigenvalue weighted by molar-refractivity contribution is 7.20. The van der Waals surface area contributed by atoms with Gasteiger partial charge >= 0.3 is 0 Å². The van der Waals surface area contributed by atoms with Crippen molar-refractivity contribution in [1.82, 2.24) is 15.1 Å². The fraction of sp³-hybridized carbons (Fsp3) is 0.455. The monoisotopic (exact) mass is 397 g/mol. The first-order valence-corrected chi connectivity index (χ1v) is 11.1. The van der Waals surface area contributed by atoms with Crippen molar-refractivity contribution in [3.05, 3.63) is 52.5 Å². The van der Waals surface area contributed by atoms with Crippen LogP contribution in [0.1, 0.15) is 46.6 Å². The zero-order valence-corrected chi connectivity index (χ0v) is 17.4. The molecule has 0 bridgehead atoms. The van der Waals surface area contributed by atoms with Gasteiger partial charge in [0.25, 0.3) is 5.91 Å². The van der Waals surface area contributed by atoms with Crippen LogP contribution in [0.15, 0.2) is 36.4 Å². The molecule has 6 heteroatoms. The molecule has 5 nitrogen and oxygen atoms in total. The van der Waals surface area contributed by atoms with E-state index in [0.717, 1.165) is 46.8 Å². The number of aryl methyl sites for hydroxylation is 1. The number of likely N-dealkylation sites (tertiary alicyclic amines) is 1. The Morgan fingerprint density at radius 3 is 2.79 bits per heavy atom. The fourth-order valence-electron chi connectivity index (χ4n) is 4.02. The molecule has 0 atom stereocenters. The summed E-state index contributed by atoms with van der Waals surface area (Å²) in [4.78, 5) is 16.2. The SMILES string of the molecule is Cc1nn(Cc2ccccc2)c2sc(C(=O)NCCC[NH+]3CCCCC3)cc12. The predicted octanol–water partition coefficient (Wildman–Crippen LogP) is 2.64. The average molecular weight is 398 g/mol. The summed E-state index contributed by atoms with van der Waals surface area (Å²) < 4.78 is 2.02. The van der Waals surface area contributed by atoms with Gasteiger partial charge in [0.2, 0.25) is 0 Å². The molecule has 1 aromatic carbocycles. The van der Waals surface area contributed by atoms with Gasteiger partial charge in [-0.05, 0) is 37.8 Å². The van der Waals surface area contributed by atoms with Crippen LogP contribution in [0, 0.1) is 6.92 Å². The average Bonchev–Trinajstić information content (AvgIpc) is 3.28. The molecule has 0 aliphatic carbocycles. The van der Waals surface area contributed by atoms with Gasteiger partial charge in [-0.25, -0.2) is 0 Å². The fourth-order valence-corrected chi connectivity index (χ4v) is 5.09. The Hall–Kier alpha value is -2.18. The van der Waals surface area contributed by atoms with Crippen LogP contribution in [-0.4, -0.2) is 41.9 Å². The number of quaternary nitrogens is 1. The maximum Gasteiger partial charge on any atom is 0.261 e. The molecule has 0 radical (unpaired) electrons. The van der Waals surface area contributed by atoms with Crippen LogP contribution in [-0.2, 0) is 6.54 Å². The van der Waals surface area contributed by atoms with E-state index < -0.39 is 0 Å². The van der Waals surface area contributed by atoms with Crippen molar-refractivity contribution in [3.8, 4) is 0 Å². The third kappa shape index (κ3) is 4.45. The van der Waals surface area contributed by atoms with Gasteiger partial charge in [-0.15, -0.1) is 11.3 Å². The van der Waals surface area contributed by atoms with Crippen molar-refractivity contribution in [2.75, 3.05) is 26.2 Å². The van der Waals surface area contributed by atoms with Gasteiger partial charge in [-0.2, -0.15) is 5.10 Å². The van der Waals surface area contributed by atoms with Crippen molar-refractivity contribution in [1.29, 1.82) is 0 Å². The summed E-state index contributed by atoms with van der Waals surface area (Å²) in [5.74, 6) is 0.0421. The number of aromatic nitrogens is 2. The Labute approximate surface area is 170 Å². The maximum absolute atomic E-state index is 12.6. The topological polar surface area (TPSA) is 51.4 Å². The second kappa shape index (κ2) is 8.88. The van der Waals surface area contributed by atoms with Gasteiger partial charge in [0.05, 0.1) is 36.8 Å². The Morgan fingerprint density at radius 1 is 1.21 bits per heavy atom. The summed E-state index contributed by atoms with van der Waals surface area (Å²) >= 11 is 1.54. The Kier molecular flexibility index (Phi) is 6.07. The molecule has 0 unspecified atom stereocenters. The summed E-state index contributed by atoms with van der Waals surface area (Å²) in [6, 6.07) is 12.3. The van der Waals surface area contributed by atoms with E-state index in [4.69, 9.17) is 0 Å². The number of nitrogens with one attached hydrogen (secondary N) is 2. The minimum absolute atomic E-state index is 0.0421. The first kappa shape index (κ1) is 19.2. The number of rotatable bonds is 7. The third-order valence-corrected chi connectivity index (χ3v) is 6.71. The number of benzene rings is 1. The van der Waals surface area contributed by atoms with Crippen molar-refractivity contribution in [2.45, 2.75) is 39.2 Å². The zero-order chi connectivity index (χ0) is 19.3. The smallest absolute Gasteiger partial charge is 0.261 e. The molecule has 1 aliphatic heterocycles. The van der Waals surface area contributed by atoms with E-state index >= 15 is 0 Å². The standard InChI is InChI=1S/C22H28N4OS/c1-17-19-15-20(21(27)23-11-8-14-25-12-6-3-7-13-25)28-22(19)26(24-17)16-18-9-4-2-5-10-18/h2,4-5,9-10,15H,3,6-8,11-14,16H2,1H3,(H,23,27)/p+1. The lowest BCUT2D eigenvalue weighted by molar-refractivity contribution is -0.904. The number of carbonyl (C=O) groups excluding carboxylic acids is 1. The third-order valence-electron chi connectivity index (χ3n) is 5.56. The van der Waals surface area contributed by atoms with E-state index in [9.17, 15) is 4.79 Å². The maximum atomic E-state index is 12.6.